The highest BCUT2D eigenvalue weighted by Crippen LogP contribution is 2.26. The van der Waals surface area contributed by atoms with Crippen molar-refractivity contribution in [2.45, 2.75) is 30.7 Å². The highest BCUT2D eigenvalue weighted by molar-refractivity contribution is 8.01. The van der Waals surface area contributed by atoms with Crippen molar-refractivity contribution in [3.8, 4) is 5.75 Å². The fourth-order valence-corrected chi connectivity index (χ4v) is 3.30. The maximum absolute atomic E-state index is 12.3. The van der Waals surface area contributed by atoms with Gasteiger partial charge in [0.1, 0.15) is 5.75 Å². The summed E-state index contributed by atoms with van der Waals surface area (Å²) in [6.07, 6.45) is 0. The molecule has 1 aromatic carbocycles. The molecule has 0 aliphatic heterocycles. The minimum atomic E-state index is -1.04. The van der Waals surface area contributed by atoms with Crippen molar-refractivity contribution in [1.29, 1.82) is 0 Å². The molecule has 2 aromatic rings. The number of rotatable bonds is 6. The highest BCUT2D eigenvalue weighted by Gasteiger charge is 2.31. The van der Waals surface area contributed by atoms with E-state index in [4.69, 9.17) is 16.3 Å². The Bertz CT molecular complexity index is 644. The normalized spacial score (nSPS) is 11.3. The molecule has 8 heteroatoms. The molecule has 0 radical (unpaired) electrons. The number of carbonyl (C=O) groups is 1. The molecule has 5 nitrogen and oxygen atoms in total. The van der Waals surface area contributed by atoms with Gasteiger partial charge in [-0.15, -0.1) is 10.2 Å². The fraction of sp³-hybridized carbons (Fsp3) is 0.357. The average molecular weight is 358 g/mol. The third-order valence-corrected chi connectivity index (χ3v) is 4.73. The van der Waals surface area contributed by atoms with Gasteiger partial charge < -0.3 is 4.74 Å². The van der Waals surface area contributed by atoms with E-state index in [9.17, 15) is 4.79 Å². The third-order valence-electron chi connectivity index (χ3n) is 2.63. The first-order chi connectivity index (χ1) is 10.4. The molecule has 0 unspecified atom stereocenters. The second-order valence-electron chi connectivity index (χ2n) is 4.83. The molecule has 0 saturated carbocycles. The second-order valence-corrected chi connectivity index (χ2v) is 7.75. The molecule has 0 spiro atoms. The lowest BCUT2D eigenvalue weighted by molar-refractivity contribution is -0.128. The van der Waals surface area contributed by atoms with E-state index in [-0.39, 0.29) is 5.91 Å². The number of benzene rings is 1. The number of hydrogen-bond acceptors (Lipinski definition) is 6. The van der Waals surface area contributed by atoms with E-state index < -0.39 is 5.60 Å². The smallest absolute Gasteiger partial charge is 0.269 e. The number of carbonyl (C=O) groups excluding carboxylic acids is 1. The Hall–Kier alpha value is -1.31. The quantitative estimate of drug-likeness (QED) is 0.622. The Labute approximate surface area is 142 Å². The first-order valence-corrected chi connectivity index (χ1v) is 8.81. The van der Waals surface area contributed by atoms with Gasteiger partial charge in [-0.25, -0.2) is 0 Å². The van der Waals surface area contributed by atoms with Crippen LogP contribution in [0, 0.1) is 0 Å². The van der Waals surface area contributed by atoms with Crippen molar-refractivity contribution in [1.82, 2.24) is 10.2 Å². The van der Waals surface area contributed by atoms with Gasteiger partial charge in [0.15, 0.2) is 9.94 Å². The number of anilines is 1. The van der Waals surface area contributed by atoms with E-state index in [0.717, 1.165) is 10.1 Å². The van der Waals surface area contributed by atoms with Gasteiger partial charge in [-0.1, -0.05) is 41.6 Å². The zero-order valence-electron chi connectivity index (χ0n) is 12.4. The van der Waals surface area contributed by atoms with Gasteiger partial charge in [0.25, 0.3) is 5.91 Å². The molecular weight excluding hydrogens is 342 g/mol. The molecule has 0 saturated heterocycles. The van der Waals surface area contributed by atoms with Gasteiger partial charge in [0.05, 0.1) is 0 Å². The number of nitrogens with zero attached hydrogens (tertiary/aromatic N) is 2. The van der Waals surface area contributed by atoms with Crippen LogP contribution in [0.25, 0.3) is 0 Å². The van der Waals surface area contributed by atoms with E-state index >= 15 is 0 Å². The van der Waals surface area contributed by atoms with Crippen molar-refractivity contribution >= 4 is 45.7 Å². The van der Waals surface area contributed by atoms with Gasteiger partial charge >= 0.3 is 0 Å². The van der Waals surface area contributed by atoms with E-state index in [2.05, 4.69) is 15.5 Å². The Morgan fingerprint density at radius 1 is 1.36 bits per heavy atom. The average Bonchev–Trinajstić information content (AvgIpc) is 2.89. The molecule has 22 heavy (non-hydrogen) atoms. The molecule has 1 N–H and O–H groups in total. The first-order valence-electron chi connectivity index (χ1n) is 6.63. The number of nitrogens with one attached hydrogen (secondary N) is 1. The molecular formula is C14H16ClN3O2S2. The van der Waals surface area contributed by atoms with Crippen molar-refractivity contribution in [2.24, 2.45) is 0 Å². The molecule has 0 fully saturated rings. The maximum Gasteiger partial charge on any atom is 0.269 e. The number of halogens is 1. The standard InChI is InChI=1S/C14H16ClN3O2S2/c1-4-21-13-18-17-12(22-13)16-11(19)14(2,3)20-10-7-5-9(15)6-8-10/h5-8H,4H2,1-3H3,(H,16,17,19). The summed E-state index contributed by atoms with van der Waals surface area (Å²) >= 11 is 8.76. The number of ether oxygens (including phenoxy) is 1. The van der Waals surface area contributed by atoms with Gasteiger partial charge in [-0.05, 0) is 43.9 Å². The minimum absolute atomic E-state index is 0.286. The van der Waals surface area contributed by atoms with Gasteiger partial charge in [-0.3, -0.25) is 10.1 Å². The molecule has 1 aromatic heterocycles. The van der Waals surface area contributed by atoms with Gasteiger partial charge in [-0.2, -0.15) is 0 Å². The molecule has 1 heterocycles. The molecule has 0 aliphatic carbocycles. The fourth-order valence-electron chi connectivity index (χ4n) is 1.53. The van der Waals surface area contributed by atoms with Gasteiger partial charge in [0, 0.05) is 5.02 Å². The van der Waals surface area contributed by atoms with Crippen LogP contribution >= 0.6 is 34.7 Å². The van der Waals surface area contributed by atoms with Crippen molar-refractivity contribution in [3.05, 3.63) is 29.3 Å². The van der Waals surface area contributed by atoms with Crippen LogP contribution in [-0.2, 0) is 4.79 Å². The van der Waals surface area contributed by atoms with Crippen LogP contribution in [0.3, 0.4) is 0 Å². The van der Waals surface area contributed by atoms with E-state index in [1.54, 1.807) is 49.9 Å². The zero-order chi connectivity index (χ0) is 16.2. The van der Waals surface area contributed by atoms with Crippen LogP contribution in [0.5, 0.6) is 5.75 Å². The Kier molecular flexibility index (Phi) is 5.66. The minimum Gasteiger partial charge on any atom is -0.478 e. The lowest BCUT2D eigenvalue weighted by atomic mass is 10.1. The summed E-state index contributed by atoms with van der Waals surface area (Å²) in [5.74, 6) is 1.20. The van der Waals surface area contributed by atoms with Crippen LogP contribution in [0.4, 0.5) is 5.13 Å². The van der Waals surface area contributed by atoms with Crippen LogP contribution in [0.2, 0.25) is 5.02 Å². The number of hydrogen-bond donors (Lipinski definition) is 1. The summed E-state index contributed by atoms with van der Waals surface area (Å²) in [5.41, 5.74) is -1.04. The van der Waals surface area contributed by atoms with E-state index in [1.165, 1.54) is 11.3 Å². The van der Waals surface area contributed by atoms with Crippen LogP contribution in [0.15, 0.2) is 28.6 Å². The molecule has 0 aliphatic rings. The molecule has 1 amide bonds. The lowest BCUT2D eigenvalue weighted by Gasteiger charge is -2.24. The molecule has 2 rings (SSSR count). The van der Waals surface area contributed by atoms with Crippen molar-refractivity contribution < 1.29 is 9.53 Å². The molecule has 118 valence electrons. The van der Waals surface area contributed by atoms with E-state index in [0.29, 0.717) is 15.9 Å². The summed E-state index contributed by atoms with van der Waals surface area (Å²) in [6, 6.07) is 6.87. The topological polar surface area (TPSA) is 64.1 Å². The monoisotopic (exact) mass is 357 g/mol. The largest absolute Gasteiger partial charge is 0.478 e. The molecule has 0 atom stereocenters. The highest BCUT2D eigenvalue weighted by atomic mass is 35.5. The summed E-state index contributed by atoms with van der Waals surface area (Å²) in [5, 5.41) is 11.8. The molecule has 0 bridgehead atoms. The summed E-state index contributed by atoms with van der Waals surface area (Å²) in [7, 11) is 0. The van der Waals surface area contributed by atoms with Gasteiger partial charge in [0.2, 0.25) is 5.13 Å². The maximum atomic E-state index is 12.3. The number of aromatic nitrogens is 2. The predicted molar refractivity (Wildman–Crippen MR) is 91.1 cm³/mol. The van der Waals surface area contributed by atoms with E-state index in [1.807, 2.05) is 6.92 Å². The van der Waals surface area contributed by atoms with Crippen LogP contribution < -0.4 is 10.1 Å². The Balaban J connectivity index is 2.01. The summed E-state index contributed by atoms with van der Waals surface area (Å²) in [4.78, 5) is 12.3. The van der Waals surface area contributed by atoms with Crippen LogP contribution in [0.1, 0.15) is 20.8 Å². The van der Waals surface area contributed by atoms with Crippen molar-refractivity contribution in [2.75, 3.05) is 11.1 Å². The summed E-state index contributed by atoms with van der Waals surface area (Å²) < 4.78 is 6.55. The SMILES string of the molecule is CCSc1nnc(NC(=O)C(C)(C)Oc2ccc(Cl)cc2)s1. The van der Waals surface area contributed by atoms with Crippen LogP contribution in [-0.4, -0.2) is 27.5 Å². The first kappa shape index (κ1) is 17.1. The Morgan fingerprint density at radius 3 is 2.68 bits per heavy atom. The lowest BCUT2D eigenvalue weighted by Crippen LogP contribution is -2.42. The number of amides is 1. The van der Waals surface area contributed by atoms with Crippen molar-refractivity contribution in [3.63, 3.8) is 0 Å². The third kappa shape index (κ3) is 4.59. The summed E-state index contributed by atoms with van der Waals surface area (Å²) in [6.45, 7) is 5.42. The number of thioether (sulfide) groups is 1. The Morgan fingerprint density at radius 2 is 2.05 bits per heavy atom. The zero-order valence-corrected chi connectivity index (χ0v) is 14.8. The predicted octanol–water partition coefficient (Wildman–Crippen LogP) is 4.10. The second kappa shape index (κ2) is 7.30.